The predicted molar refractivity (Wildman–Crippen MR) is 73.4 cm³/mol. The van der Waals surface area contributed by atoms with Gasteiger partial charge in [-0.25, -0.2) is 9.97 Å². The lowest BCUT2D eigenvalue weighted by molar-refractivity contribution is 0.446. The van der Waals surface area contributed by atoms with Crippen molar-refractivity contribution >= 4 is 22.5 Å². The molecule has 3 rings (SSSR count). The van der Waals surface area contributed by atoms with Crippen molar-refractivity contribution < 1.29 is 4.74 Å². The average molecular weight is 272 g/mol. The number of hydrogen-bond donors (Lipinski definition) is 0. The van der Waals surface area contributed by atoms with Gasteiger partial charge in [0.2, 0.25) is 0 Å². The highest BCUT2D eigenvalue weighted by Crippen LogP contribution is 2.26. The van der Waals surface area contributed by atoms with Crippen LogP contribution in [0.1, 0.15) is 5.56 Å². The lowest BCUT2D eigenvalue weighted by atomic mass is 10.2. The van der Waals surface area contributed by atoms with Crippen LogP contribution in [0.5, 0.6) is 11.8 Å². The molecular weight excluding hydrogens is 262 g/mol. The van der Waals surface area contributed by atoms with E-state index >= 15 is 0 Å². The Kier molecular flexibility index (Phi) is 3.25. The van der Waals surface area contributed by atoms with Crippen LogP contribution < -0.4 is 4.74 Å². The van der Waals surface area contributed by atoms with E-state index in [0.717, 1.165) is 16.5 Å². The van der Waals surface area contributed by atoms with Gasteiger partial charge in [0.1, 0.15) is 5.75 Å². The molecule has 0 aliphatic rings. The Morgan fingerprint density at radius 1 is 1.00 bits per heavy atom. The summed E-state index contributed by atoms with van der Waals surface area (Å²) in [6, 6.07) is 9.79. The number of rotatable bonds is 3. The van der Waals surface area contributed by atoms with Crippen LogP contribution in [0.3, 0.4) is 0 Å². The first-order chi connectivity index (χ1) is 9.36. The van der Waals surface area contributed by atoms with Gasteiger partial charge in [-0.15, -0.1) is 11.6 Å². The summed E-state index contributed by atoms with van der Waals surface area (Å²) in [6.45, 7) is 0. The summed E-state index contributed by atoms with van der Waals surface area (Å²) >= 11 is 5.69. The van der Waals surface area contributed by atoms with Gasteiger partial charge in [-0.3, -0.25) is 4.98 Å². The second-order valence-corrected chi connectivity index (χ2v) is 4.20. The Morgan fingerprint density at radius 3 is 2.63 bits per heavy atom. The fraction of sp³-hybridized carbons (Fsp3) is 0.0714. The van der Waals surface area contributed by atoms with Gasteiger partial charge in [-0.1, -0.05) is 6.07 Å². The van der Waals surface area contributed by atoms with Gasteiger partial charge in [0.25, 0.3) is 0 Å². The second-order valence-electron chi connectivity index (χ2n) is 3.94. The van der Waals surface area contributed by atoms with Crippen LogP contribution in [0.2, 0.25) is 0 Å². The molecule has 3 aromatic rings. The number of nitrogens with zero attached hydrogens (tertiary/aromatic N) is 3. The first kappa shape index (κ1) is 11.9. The highest BCUT2D eigenvalue weighted by atomic mass is 35.5. The summed E-state index contributed by atoms with van der Waals surface area (Å²) in [5, 5.41) is 0.926. The molecule has 0 aliphatic carbocycles. The van der Waals surface area contributed by atoms with E-state index in [1.165, 1.54) is 0 Å². The molecule has 2 aromatic heterocycles. The Balaban J connectivity index is 1.96. The molecule has 0 radical (unpaired) electrons. The van der Waals surface area contributed by atoms with Crippen LogP contribution in [-0.4, -0.2) is 15.0 Å². The largest absolute Gasteiger partial charge is 0.424 e. The zero-order chi connectivity index (χ0) is 13.1. The highest BCUT2D eigenvalue weighted by Gasteiger charge is 2.05. The van der Waals surface area contributed by atoms with Crippen LogP contribution in [0.4, 0.5) is 0 Å². The third kappa shape index (κ3) is 2.48. The smallest absolute Gasteiger partial charge is 0.321 e. The summed E-state index contributed by atoms with van der Waals surface area (Å²) in [4.78, 5) is 12.5. The number of halogens is 1. The number of fused-ring (bicyclic) bond motifs is 1. The molecule has 5 heteroatoms. The maximum Gasteiger partial charge on any atom is 0.321 e. The van der Waals surface area contributed by atoms with E-state index in [-0.39, 0.29) is 0 Å². The predicted octanol–water partition coefficient (Wildman–Crippen LogP) is 3.56. The summed E-state index contributed by atoms with van der Waals surface area (Å²) in [5.74, 6) is 1.07. The first-order valence-corrected chi connectivity index (χ1v) is 6.29. The fourth-order valence-electron chi connectivity index (χ4n) is 1.73. The van der Waals surface area contributed by atoms with Crippen LogP contribution in [-0.2, 0) is 5.88 Å². The molecule has 0 saturated heterocycles. The Morgan fingerprint density at radius 2 is 1.84 bits per heavy atom. The van der Waals surface area contributed by atoms with E-state index in [0.29, 0.717) is 17.6 Å². The van der Waals surface area contributed by atoms with Crippen LogP contribution in [0, 0.1) is 0 Å². The number of ether oxygens (including phenoxy) is 1. The molecule has 0 aliphatic heterocycles. The monoisotopic (exact) mass is 271 g/mol. The Bertz CT molecular complexity index is 695. The third-order valence-electron chi connectivity index (χ3n) is 2.64. The topological polar surface area (TPSA) is 47.9 Å². The van der Waals surface area contributed by atoms with E-state index in [4.69, 9.17) is 16.3 Å². The Hall–Kier alpha value is -2.20. The molecule has 2 heterocycles. The minimum Gasteiger partial charge on any atom is -0.424 e. The van der Waals surface area contributed by atoms with Crippen molar-refractivity contribution in [3.8, 4) is 11.8 Å². The van der Waals surface area contributed by atoms with Crippen molar-refractivity contribution in [3.05, 3.63) is 54.5 Å². The molecule has 0 spiro atoms. The molecule has 94 valence electrons. The SMILES string of the molecule is ClCc1cnc(Oc2cccc3ncccc23)nc1. The lowest BCUT2D eigenvalue weighted by Gasteiger charge is -2.06. The number of alkyl halides is 1. The molecule has 0 saturated carbocycles. The number of pyridine rings is 1. The van der Waals surface area contributed by atoms with Gasteiger partial charge >= 0.3 is 6.01 Å². The maximum atomic E-state index is 5.69. The lowest BCUT2D eigenvalue weighted by Crippen LogP contribution is -1.93. The van der Waals surface area contributed by atoms with Crippen molar-refractivity contribution in [2.45, 2.75) is 5.88 Å². The molecule has 0 atom stereocenters. The Labute approximate surface area is 115 Å². The average Bonchev–Trinajstić information content (AvgIpc) is 2.48. The molecule has 0 fully saturated rings. The van der Waals surface area contributed by atoms with Crippen molar-refractivity contribution in [2.24, 2.45) is 0 Å². The number of benzene rings is 1. The quantitative estimate of drug-likeness (QED) is 0.684. The van der Waals surface area contributed by atoms with E-state index < -0.39 is 0 Å². The molecule has 0 N–H and O–H groups in total. The molecule has 4 nitrogen and oxygen atoms in total. The molecule has 0 amide bonds. The van der Waals surface area contributed by atoms with Gasteiger partial charge in [-0.05, 0) is 24.3 Å². The summed E-state index contributed by atoms with van der Waals surface area (Å²) in [7, 11) is 0. The number of aromatic nitrogens is 3. The minimum atomic E-state index is 0.296. The van der Waals surface area contributed by atoms with Gasteiger partial charge in [0.05, 0.1) is 11.4 Å². The molecule has 1 aromatic carbocycles. The minimum absolute atomic E-state index is 0.296. The van der Waals surface area contributed by atoms with Gasteiger partial charge in [0.15, 0.2) is 0 Å². The van der Waals surface area contributed by atoms with E-state index in [1.54, 1.807) is 18.6 Å². The standard InChI is InChI=1S/C14H10ClN3O/c15-7-10-8-17-14(18-9-10)19-13-5-1-4-12-11(13)3-2-6-16-12/h1-6,8-9H,7H2. The normalized spacial score (nSPS) is 10.6. The van der Waals surface area contributed by atoms with Gasteiger partial charge < -0.3 is 4.74 Å². The van der Waals surface area contributed by atoms with Crippen molar-refractivity contribution in [1.82, 2.24) is 15.0 Å². The van der Waals surface area contributed by atoms with E-state index in [9.17, 15) is 0 Å². The molecule has 0 bridgehead atoms. The van der Waals surface area contributed by atoms with Crippen molar-refractivity contribution in [1.29, 1.82) is 0 Å². The summed E-state index contributed by atoms with van der Waals surface area (Å²) in [6.07, 6.45) is 5.05. The zero-order valence-corrected chi connectivity index (χ0v) is 10.7. The molecule has 0 unspecified atom stereocenters. The zero-order valence-electron chi connectivity index (χ0n) is 9.95. The van der Waals surface area contributed by atoms with E-state index in [2.05, 4.69) is 15.0 Å². The van der Waals surface area contributed by atoms with Crippen molar-refractivity contribution in [3.63, 3.8) is 0 Å². The van der Waals surface area contributed by atoms with Crippen LogP contribution in [0.25, 0.3) is 10.9 Å². The van der Waals surface area contributed by atoms with E-state index in [1.807, 2.05) is 30.3 Å². The fourth-order valence-corrected chi connectivity index (χ4v) is 1.87. The van der Waals surface area contributed by atoms with Gasteiger partial charge in [-0.2, -0.15) is 0 Å². The van der Waals surface area contributed by atoms with Crippen molar-refractivity contribution in [2.75, 3.05) is 0 Å². The van der Waals surface area contributed by atoms with Crippen LogP contribution >= 0.6 is 11.6 Å². The molecular formula is C14H10ClN3O. The maximum absolute atomic E-state index is 5.69. The second kappa shape index (κ2) is 5.20. The highest BCUT2D eigenvalue weighted by molar-refractivity contribution is 6.17. The third-order valence-corrected chi connectivity index (χ3v) is 2.95. The van der Waals surface area contributed by atoms with Crippen LogP contribution in [0.15, 0.2) is 48.9 Å². The first-order valence-electron chi connectivity index (χ1n) is 5.75. The summed E-state index contributed by atoms with van der Waals surface area (Å²) in [5.41, 5.74) is 1.73. The van der Waals surface area contributed by atoms with Gasteiger partial charge in [0, 0.05) is 29.5 Å². The summed E-state index contributed by atoms with van der Waals surface area (Å²) < 4.78 is 5.69. The molecule has 19 heavy (non-hydrogen) atoms. The number of hydrogen-bond acceptors (Lipinski definition) is 4.